The third-order valence-electron chi connectivity index (χ3n) is 2.22. The molecule has 0 atom stereocenters. The van der Waals surface area contributed by atoms with Crippen molar-refractivity contribution < 1.29 is 13.9 Å². The van der Waals surface area contributed by atoms with Gasteiger partial charge in [-0.1, -0.05) is 13.0 Å². The number of hydrogen-bond acceptors (Lipinski definition) is 3. The highest BCUT2D eigenvalue weighted by molar-refractivity contribution is 7.99. The summed E-state index contributed by atoms with van der Waals surface area (Å²) in [5, 5.41) is 0. The molecule has 0 aromatic heterocycles. The van der Waals surface area contributed by atoms with E-state index in [1.165, 1.54) is 19.2 Å². The number of carbonyl (C=O) groups is 1. The second-order valence-electron chi connectivity index (χ2n) is 3.34. The van der Waals surface area contributed by atoms with Crippen LogP contribution in [-0.4, -0.2) is 18.8 Å². The summed E-state index contributed by atoms with van der Waals surface area (Å²) in [4.78, 5) is 12.3. The van der Waals surface area contributed by atoms with Crippen molar-refractivity contribution in [1.29, 1.82) is 0 Å². The van der Waals surface area contributed by atoms with Crippen LogP contribution in [0.4, 0.5) is 4.39 Å². The Labute approximate surface area is 105 Å². The maximum absolute atomic E-state index is 12.7. The van der Waals surface area contributed by atoms with Crippen LogP contribution in [0, 0.1) is 5.82 Å². The molecule has 92 valence electrons. The van der Waals surface area contributed by atoms with Gasteiger partial charge < -0.3 is 4.74 Å². The lowest BCUT2D eigenvalue weighted by Gasteiger charge is -2.02. The molecule has 0 aliphatic carbocycles. The molecule has 0 heterocycles. The highest BCUT2D eigenvalue weighted by atomic mass is 32.2. The molecule has 0 fully saturated rings. The molecule has 1 aromatic carbocycles. The molecule has 0 spiro atoms. The second-order valence-corrected chi connectivity index (χ2v) is 4.43. The van der Waals surface area contributed by atoms with Crippen LogP contribution >= 0.6 is 11.8 Å². The number of hydrogen-bond donors (Lipinski definition) is 0. The number of thioether (sulfide) groups is 1. The first kappa shape index (κ1) is 13.8. The van der Waals surface area contributed by atoms with Gasteiger partial charge in [-0.2, -0.15) is 0 Å². The molecule has 0 N–H and O–H groups in total. The molecule has 0 saturated heterocycles. The van der Waals surface area contributed by atoms with Crippen LogP contribution in [0.15, 0.2) is 40.8 Å². The molecule has 0 bridgehead atoms. The minimum absolute atomic E-state index is 0.242. The smallest absolute Gasteiger partial charge is 0.333 e. The van der Waals surface area contributed by atoms with Crippen LogP contribution in [0.2, 0.25) is 0 Å². The first-order valence-corrected chi connectivity index (χ1v) is 6.31. The molecule has 17 heavy (non-hydrogen) atoms. The van der Waals surface area contributed by atoms with Gasteiger partial charge in [-0.05, 0) is 30.7 Å². The molecular weight excluding hydrogens is 239 g/mol. The molecule has 1 aromatic rings. The fourth-order valence-corrected chi connectivity index (χ4v) is 2.08. The SMILES string of the molecule is CCC(=CCSc1ccc(F)cc1)C(=O)OC. The van der Waals surface area contributed by atoms with E-state index >= 15 is 0 Å². The van der Waals surface area contributed by atoms with E-state index < -0.39 is 0 Å². The summed E-state index contributed by atoms with van der Waals surface area (Å²) in [5.41, 5.74) is 0.669. The Morgan fingerprint density at radius 3 is 2.59 bits per heavy atom. The number of halogens is 1. The summed E-state index contributed by atoms with van der Waals surface area (Å²) in [5.74, 6) is 0.144. The summed E-state index contributed by atoms with van der Waals surface area (Å²) < 4.78 is 17.3. The highest BCUT2D eigenvalue weighted by Gasteiger charge is 2.05. The maximum Gasteiger partial charge on any atom is 0.333 e. The monoisotopic (exact) mass is 254 g/mol. The van der Waals surface area contributed by atoms with Crippen molar-refractivity contribution in [2.75, 3.05) is 12.9 Å². The number of ether oxygens (including phenoxy) is 1. The van der Waals surface area contributed by atoms with Crippen LogP contribution in [0.5, 0.6) is 0 Å². The zero-order valence-electron chi connectivity index (χ0n) is 9.90. The molecule has 0 radical (unpaired) electrons. The van der Waals surface area contributed by atoms with Crippen LogP contribution < -0.4 is 0 Å². The zero-order chi connectivity index (χ0) is 12.7. The highest BCUT2D eigenvalue weighted by Crippen LogP contribution is 2.19. The summed E-state index contributed by atoms with van der Waals surface area (Å²) >= 11 is 1.55. The molecule has 2 nitrogen and oxygen atoms in total. The standard InChI is InChI=1S/C13H15FO2S/c1-3-10(13(15)16-2)8-9-17-12-6-4-11(14)5-7-12/h4-8H,3,9H2,1-2H3. The van der Waals surface area contributed by atoms with Crippen molar-refractivity contribution in [1.82, 2.24) is 0 Å². The number of benzene rings is 1. The van der Waals surface area contributed by atoms with Crippen molar-refractivity contribution >= 4 is 17.7 Å². The lowest BCUT2D eigenvalue weighted by atomic mass is 10.2. The second kappa shape index (κ2) is 7.12. The number of carbonyl (C=O) groups excluding carboxylic acids is 1. The Hall–Kier alpha value is -1.29. The van der Waals surface area contributed by atoms with Crippen molar-refractivity contribution in [2.45, 2.75) is 18.2 Å². The first-order chi connectivity index (χ1) is 8.17. The van der Waals surface area contributed by atoms with Gasteiger partial charge in [0.1, 0.15) is 5.82 Å². The zero-order valence-corrected chi connectivity index (χ0v) is 10.7. The lowest BCUT2D eigenvalue weighted by Crippen LogP contribution is -2.04. The average molecular weight is 254 g/mol. The van der Waals surface area contributed by atoms with E-state index in [9.17, 15) is 9.18 Å². The number of methoxy groups -OCH3 is 1. The Balaban J connectivity index is 2.53. The van der Waals surface area contributed by atoms with E-state index in [4.69, 9.17) is 0 Å². The fourth-order valence-electron chi connectivity index (χ4n) is 1.27. The lowest BCUT2D eigenvalue weighted by molar-refractivity contribution is -0.136. The van der Waals surface area contributed by atoms with Crippen LogP contribution in [0.3, 0.4) is 0 Å². The van der Waals surface area contributed by atoms with Crippen molar-refractivity contribution in [3.05, 3.63) is 41.7 Å². The summed E-state index contributed by atoms with van der Waals surface area (Å²) in [7, 11) is 1.37. The van der Waals surface area contributed by atoms with Crippen LogP contribution in [0.25, 0.3) is 0 Å². The largest absolute Gasteiger partial charge is 0.466 e. The van der Waals surface area contributed by atoms with E-state index in [-0.39, 0.29) is 11.8 Å². The minimum atomic E-state index is -0.285. The molecular formula is C13H15FO2S. The van der Waals surface area contributed by atoms with E-state index in [0.717, 1.165) is 4.90 Å². The summed E-state index contributed by atoms with van der Waals surface area (Å²) in [6.45, 7) is 1.91. The van der Waals surface area contributed by atoms with Gasteiger partial charge in [0.05, 0.1) is 7.11 Å². The molecule has 1 rings (SSSR count). The molecule has 0 saturated carbocycles. The van der Waals surface area contributed by atoms with Gasteiger partial charge in [-0.15, -0.1) is 11.8 Å². The van der Waals surface area contributed by atoms with Gasteiger partial charge >= 0.3 is 5.97 Å². The average Bonchev–Trinajstić information content (AvgIpc) is 2.36. The molecule has 0 aliphatic rings. The predicted octanol–water partition coefficient (Wildman–Crippen LogP) is 3.43. The van der Waals surface area contributed by atoms with Crippen LogP contribution in [-0.2, 0) is 9.53 Å². The third-order valence-corrected chi connectivity index (χ3v) is 3.16. The van der Waals surface area contributed by atoms with Crippen molar-refractivity contribution in [2.24, 2.45) is 0 Å². The number of rotatable bonds is 5. The van der Waals surface area contributed by atoms with Gasteiger partial charge in [-0.25, -0.2) is 9.18 Å². The normalized spacial score (nSPS) is 11.4. The number of esters is 1. The third kappa shape index (κ3) is 4.61. The van der Waals surface area contributed by atoms with Crippen molar-refractivity contribution in [3.63, 3.8) is 0 Å². The first-order valence-electron chi connectivity index (χ1n) is 5.33. The fraction of sp³-hybridized carbons (Fsp3) is 0.308. The van der Waals surface area contributed by atoms with Gasteiger partial charge in [0.25, 0.3) is 0 Å². The quantitative estimate of drug-likeness (QED) is 0.457. The van der Waals surface area contributed by atoms with Crippen LogP contribution in [0.1, 0.15) is 13.3 Å². The van der Waals surface area contributed by atoms with Gasteiger partial charge in [0, 0.05) is 16.2 Å². The Morgan fingerprint density at radius 1 is 1.41 bits per heavy atom. The maximum atomic E-state index is 12.7. The molecule has 0 unspecified atom stereocenters. The molecule has 4 heteroatoms. The Kier molecular flexibility index (Phi) is 5.77. The van der Waals surface area contributed by atoms with E-state index in [1.807, 2.05) is 13.0 Å². The van der Waals surface area contributed by atoms with Gasteiger partial charge in [0.15, 0.2) is 0 Å². The summed E-state index contributed by atoms with van der Waals surface area (Å²) in [6.07, 6.45) is 2.50. The topological polar surface area (TPSA) is 26.3 Å². The van der Waals surface area contributed by atoms with Gasteiger partial charge in [-0.3, -0.25) is 0 Å². The van der Waals surface area contributed by atoms with Gasteiger partial charge in [0.2, 0.25) is 0 Å². The molecule has 0 amide bonds. The van der Waals surface area contributed by atoms with Crippen molar-refractivity contribution in [3.8, 4) is 0 Å². The minimum Gasteiger partial charge on any atom is -0.466 e. The Morgan fingerprint density at radius 2 is 2.06 bits per heavy atom. The van der Waals surface area contributed by atoms with E-state index in [1.54, 1.807) is 23.9 Å². The predicted molar refractivity (Wildman–Crippen MR) is 67.5 cm³/mol. The Bertz CT molecular complexity index is 398. The van der Waals surface area contributed by atoms with E-state index in [2.05, 4.69) is 4.74 Å². The van der Waals surface area contributed by atoms with E-state index in [0.29, 0.717) is 17.7 Å². The summed E-state index contributed by atoms with van der Waals surface area (Å²) in [6, 6.07) is 6.29. The molecule has 0 aliphatic heterocycles.